The Morgan fingerprint density at radius 1 is 1.04 bits per heavy atom. The van der Waals surface area contributed by atoms with Gasteiger partial charge < -0.3 is 9.84 Å². The standard InChI is InChI=1S/C19H17NO3.C2H6/c1-3-23-19(22)17-18(21)15-10-9-14(11-16(15)12(2)20-17)13-7-5-4-6-8-13;1-2/h4-11,21H,3H2,1-2H3;1-2H3. The van der Waals surface area contributed by atoms with Crippen LogP contribution in [-0.2, 0) is 4.74 Å². The molecule has 1 heterocycles. The summed E-state index contributed by atoms with van der Waals surface area (Å²) in [5.74, 6) is -0.745. The van der Waals surface area contributed by atoms with Crippen LogP contribution in [-0.4, -0.2) is 22.7 Å². The minimum Gasteiger partial charge on any atom is -0.505 e. The van der Waals surface area contributed by atoms with Crippen molar-refractivity contribution in [3.8, 4) is 16.9 Å². The van der Waals surface area contributed by atoms with Gasteiger partial charge in [0.05, 0.1) is 6.61 Å². The Morgan fingerprint density at radius 3 is 2.36 bits per heavy atom. The zero-order valence-corrected chi connectivity index (χ0v) is 15.0. The summed E-state index contributed by atoms with van der Waals surface area (Å²) in [5, 5.41) is 11.8. The van der Waals surface area contributed by atoms with Crippen molar-refractivity contribution in [2.75, 3.05) is 6.61 Å². The zero-order chi connectivity index (χ0) is 18.4. The minimum atomic E-state index is -0.609. The third kappa shape index (κ3) is 3.79. The summed E-state index contributed by atoms with van der Waals surface area (Å²) >= 11 is 0. The van der Waals surface area contributed by atoms with Gasteiger partial charge in [0.25, 0.3) is 0 Å². The fourth-order valence-electron chi connectivity index (χ4n) is 2.61. The molecule has 1 aromatic heterocycles. The van der Waals surface area contributed by atoms with E-state index in [1.165, 1.54) is 0 Å². The molecule has 1 N–H and O–H groups in total. The van der Waals surface area contributed by atoms with Gasteiger partial charge >= 0.3 is 5.97 Å². The predicted molar refractivity (Wildman–Crippen MR) is 101 cm³/mol. The van der Waals surface area contributed by atoms with Crippen molar-refractivity contribution in [3.63, 3.8) is 0 Å². The Balaban J connectivity index is 0.00000109. The molecule has 0 atom stereocenters. The van der Waals surface area contributed by atoms with E-state index in [1.807, 2.05) is 69.3 Å². The molecule has 3 rings (SSSR count). The zero-order valence-electron chi connectivity index (χ0n) is 15.0. The van der Waals surface area contributed by atoms with Crippen LogP contribution in [0.15, 0.2) is 48.5 Å². The first-order valence-electron chi connectivity index (χ1n) is 8.47. The van der Waals surface area contributed by atoms with Crippen LogP contribution < -0.4 is 0 Å². The number of nitrogens with zero attached hydrogens (tertiary/aromatic N) is 1. The molecule has 4 nitrogen and oxygen atoms in total. The number of ether oxygens (including phenoxy) is 1. The first-order chi connectivity index (χ1) is 12.1. The van der Waals surface area contributed by atoms with Gasteiger partial charge in [-0.1, -0.05) is 50.2 Å². The molecular weight excluding hydrogens is 314 g/mol. The molecule has 0 unspecified atom stereocenters. The SMILES string of the molecule is CC.CCOC(=O)c1nc(C)c2cc(-c3ccccc3)ccc2c1O. The lowest BCUT2D eigenvalue weighted by Crippen LogP contribution is -2.08. The smallest absolute Gasteiger partial charge is 0.360 e. The van der Waals surface area contributed by atoms with E-state index < -0.39 is 5.97 Å². The van der Waals surface area contributed by atoms with E-state index in [0.29, 0.717) is 11.1 Å². The lowest BCUT2D eigenvalue weighted by Gasteiger charge is -2.11. The molecule has 0 spiro atoms. The molecular formula is C21H23NO3. The molecule has 2 aromatic carbocycles. The molecule has 130 valence electrons. The molecule has 0 aliphatic carbocycles. The highest BCUT2D eigenvalue weighted by Gasteiger charge is 2.19. The van der Waals surface area contributed by atoms with Crippen LogP contribution in [0.1, 0.15) is 37.0 Å². The summed E-state index contributed by atoms with van der Waals surface area (Å²) in [6.07, 6.45) is 0. The number of benzene rings is 2. The second-order valence-electron chi connectivity index (χ2n) is 5.24. The Kier molecular flexibility index (Phi) is 6.12. The highest BCUT2D eigenvalue weighted by molar-refractivity contribution is 6.01. The molecule has 0 aliphatic rings. The number of carbonyl (C=O) groups is 1. The van der Waals surface area contributed by atoms with Gasteiger partial charge in [-0.05, 0) is 37.1 Å². The molecule has 3 aromatic rings. The largest absolute Gasteiger partial charge is 0.505 e. The van der Waals surface area contributed by atoms with Gasteiger partial charge in [0.2, 0.25) is 0 Å². The lowest BCUT2D eigenvalue weighted by atomic mass is 10.00. The Morgan fingerprint density at radius 2 is 1.72 bits per heavy atom. The maximum absolute atomic E-state index is 11.9. The molecule has 0 bridgehead atoms. The van der Waals surface area contributed by atoms with E-state index in [1.54, 1.807) is 6.92 Å². The Hall–Kier alpha value is -2.88. The van der Waals surface area contributed by atoms with E-state index >= 15 is 0 Å². The van der Waals surface area contributed by atoms with Gasteiger partial charge in [-0.2, -0.15) is 0 Å². The van der Waals surface area contributed by atoms with E-state index in [-0.39, 0.29) is 18.1 Å². The number of hydrogen-bond acceptors (Lipinski definition) is 4. The average Bonchev–Trinajstić information content (AvgIpc) is 2.66. The van der Waals surface area contributed by atoms with E-state index in [9.17, 15) is 9.90 Å². The van der Waals surface area contributed by atoms with Gasteiger partial charge in [0, 0.05) is 16.5 Å². The number of pyridine rings is 1. The third-order valence-corrected chi connectivity index (χ3v) is 3.74. The topological polar surface area (TPSA) is 59.4 Å². The molecule has 4 heteroatoms. The molecule has 0 amide bonds. The van der Waals surface area contributed by atoms with Crippen molar-refractivity contribution in [2.45, 2.75) is 27.7 Å². The fraction of sp³-hybridized carbons (Fsp3) is 0.238. The van der Waals surface area contributed by atoms with Crippen molar-refractivity contribution in [1.29, 1.82) is 0 Å². The third-order valence-electron chi connectivity index (χ3n) is 3.74. The van der Waals surface area contributed by atoms with Crippen LogP contribution >= 0.6 is 0 Å². The van der Waals surface area contributed by atoms with E-state index in [4.69, 9.17) is 4.74 Å². The van der Waals surface area contributed by atoms with Gasteiger partial charge in [0.1, 0.15) is 0 Å². The number of aromatic hydroxyl groups is 1. The predicted octanol–water partition coefficient (Wildman–Crippen LogP) is 5.12. The van der Waals surface area contributed by atoms with Crippen molar-refractivity contribution >= 4 is 16.7 Å². The van der Waals surface area contributed by atoms with Gasteiger partial charge in [-0.15, -0.1) is 0 Å². The highest BCUT2D eigenvalue weighted by atomic mass is 16.5. The highest BCUT2D eigenvalue weighted by Crippen LogP contribution is 2.33. The maximum atomic E-state index is 11.9. The molecule has 25 heavy (non-hydrogen) atoms. The molecule has 0 saturated carbocycles. The summed E-state index contributed by atoms with van der Waals surface area (Å²) in [4.78, 5) is 16.1. The number of hydrogen-bond donors (Lipinski definition) is 1. The van der Waals surface area contributed by atoms with E-state index in [0.717, 1.165) is 16.5 Å². The van der Waals surface area contributed by atoms with Crippen LogP contribution in [0.25, 0.3) is 21.9 Å². The van der Waals surface area contributed by atoms with Crippen molar-refractivity contribution in [2.24, 2.45) is 0 Å². The number of aromatic nitrogens is 1. The second-order valence-corrected chi connectivity index (χ2v) is 5.24. The minimum absolute atomic E-state index is 0.0377. The monoisotopic (exact) mass is 337 g/mol. The summed E-state index contributed by atoms with van der Waals surface area (Å²) < 4.78 is 4.94. The molecule has 0 saturated heterocycles. The number of rotatable bonds is 3. The quantitative estimate of drug-likeness (QED) is 0.674. The summed E-state index contributed by atoms with van der Waals surface area (Å²) in [6.45, 7) is 7.78. The van der Waals surface area contributed by atoms with Crippen LogP contribution in [0, 0.1) is 6.92 Å². The van der Waals surface area contributed by atoms with Gasteiger partial charge in [-0.3, -0.25) is 0 Å². The van der Waals surface area contributed by atoms with Crippen molar-refractivity contribution in [3.05, 3.63) is 59.9 Å². The van der Waals surface area contributed by atoms with Crippen LogP contribution in [0.5, 0.6) is 5.75 Å². The first-order valence-corrected chi connectivity index (χ1v) is 8.47. The summed E-state index contributed by atoms with van der Waals surface area (Å²) in [6, 6.07) is 15.7. The van der Waals surface area contributed by atoms with Crippen LogP contribution in [0.4, 0.5) is 0 Å². The Bertz CT molecular complexity index is 873. The lowest BCUT2D eigenvalue weighted by molar-refractivity contribution is 0.0516. The average molecular weight is 337 g/mol. The van der Waals surface area contributed by atoms with Crippen molar-refractivity contribution < 1.29 is 14.6 Å². The normalized spacial score (nSPS) is 10.1. The number of esters is 1. The first kappa shape index (κ1) is 18.5. The second kappa shape index (κ2) is 8.29. The maximum Gasteiger partial charge on any atom is 0.360 e. The number of fused-ring (bicyclic) bond motifs is 1. The molecule has 0 radical (unpaired) electrons. The van der Waals surface area contributed by atoms with Crippen LogP contribution in [0.2, 0.25) is 0 Å². The summed E-state index contributed by atoms with van der Waals surface area (Å²) in [7, 11) is 0. The fourth-order valence-corrected chi connectivity index (χ4v) is 2.61. The number of aryl methyl sites for hydroxylation is 1. The Labute approximate surface area is 148 Å². The number of carbonyl (C=O) groups excluding carboxylic acids is 1. The van der Waals surface area contributed by atoms with Crippen LogP contribution in [0.3, 0.4) is 0 Å². The molecule has 0 fully saturated rings. The van der Waals surface area contributed by atoms with Crippen molar-refractivity contribution in [1.82, 2.24) is 4.98 Å². The van der Waals surface area contributed by atoms with E-state index in [2.05, 4.69) is 4.98 Å². The summed E-state index contributed by atoms with van der Waals surface area (Å²) in [5.41, 5.74) is 2.76. The van der Waals surface area contributed by atoms with Gasteiger partial charge in [-0.25, -0.2) is 9.78 Å². The van der Waals surface area contributed by atoms with Gasteiger partial charge in [0.15, 0.2) is 11.4 Å². The molecule has 0 aliphatic heterocycles.